The summed E-state index contributed by atoms with van der Waals surface area (Å²) in [6, 6.07) is 14.4. The van der Waals surface area contributed by atoms with E-state index in [-0.39, 0.29) is 12.1 Å². The summed E-state index contributed by atoms with van der Waals surface area (Å²) < 4.78 is 5.82. The highest BCUT2D eigenvalue weighted by molar-refractivity contribution is 5.83. The number of likely N-dealkylation sites (N-methyl/N-ethyl adjacent to an activating group) is 1. The maximum atomic E-state index is 9.45. The minimum absolute atomic E-state index is 0.150. The average molecular weight is 287 g/mol. The largest absolute Gasteiger partial charge is 0.494 e. The zero-order chi connectivity index (χ0) is 15.1. The van der Waals surface area contributed by atoms with Crippen LogP contribution in [0.2, 0.25) is 0 Å². The SMILES string of the molecule is CCNC(C)(CO)CCCOc1ccc2ccccc2c1. The molecule has 2 rings (SSSR count). The third-order valence-electron chi connectivity index (χ3n) is 3.82. The van der Waals surface area contributed by atoms with Crippen LogP contribution in [0.1, 0.15) is 26.7 Å². The van der Waals surface area contributed by atoms with Crippen molar-refractivity contribution in [1.29, 1.82) is 0 Å². The fourth-order valence-corrected chi connectivity index (χ4v) is 2.56. The van der Waals surface area contributed by atoms with Crippen molar-refractivity contribution in [2.45, 2.75) is 32.2 Å². The van der Waals surface area contributed by atoms with E-state index in [0.717, 1.165) is 25.1 Å². The molecule has 2 aromatic carbocycles. The van der Waals surface area contributed by atoms with Crippen molar-refractivity contribution in [2.75, 3.05) is 19.8 Å². The van der Waals surface area contributed by atoms with Crippen molar-refractivity contribution in [1.82, 2.24) is 5.32 Å². The molecular formula is C18H25NO2. The molecule has 114 valence electrons. The molecule has 2 N–H and O–H groups in total. The molecule has 1 unspecified atom stereocenters. The summed E-state index contributed by atoms with van der Waals surface area (Å²) in [6.45, 7) is 5.78. The lowest BCUT2D eigenvalue weighted by Gasteiger charge is -2.28. The third-order valence-corrected chi connectivity index (χ3v) is 3.82. The maximum Gasteiger partial charge on any atom is 0.119 e. The molecule has 3 nitrogen and oxygen atoms in total. The number of rotatable bonds is 8. The van der Waals surface area contributed by atoms with Gasteiger partial charge in [0.1, 0.15) is 5.75 Å². The summed E-state index contributed by atoms with van der Waals surface area (Å²) in [7, 11) is 0. The number of hydrogen-bond donors (Lipinski definition) is 2. The van der Waals surface area contributed by atoms with E-state index in [0.29, 0.717) is 6.61 Å². The summed E-state index contributed by atoms with van der Waals surface area (Å²) in [5.41, 5.74) is -0.207. The molecule has 0 saturated heterocycles. The van der Waals surface area contributed by atoms with E-state index in [9.17, 15) is 5.11 Å². The summed E-state index contributed by atoms with van der Waals surface area (Å²) >= 11 is 0. The van der Waals surface area contributed by atoms with Gasteiger partial charge in [0.2, 0.25) is 0 Å². The van der Waals surface area contributed by atoms with Crippen LogP contribution in [0.5, 0.6) is 5.75 Å². The predicted molar refractivity (Wildman–Crippen MR) is 87.8 cm³/mol. The highest BCUT2D eigenvalue weighted by Gasteiger charge is 2.20. The Balaban J connectivity index is 1.84. The van der Waals surface area contributed by atoms with Crippen LogP contribution in [-0.2, 0) is 0 Å². The van der Waals surface area contributed by atoms with Gasteiger partial charge in [-0.25, -0.2) is 0 Å². The van der Waals surface area contributed by atoms with E-state index in [1.807, 2.05) is 25.1 Å². The van der Waals surface area contributed by atoms with Crippen LogP contribution in [0.4, 0.5) is 0 Å². The summed E-state index contributed by atoms with van der Waals surface area (Å²) in [5.74, 6) is 0.905. The lowest BCUT2D eigenvalue weighted by molar-refractivity contribution is 0.158. The average Bonchev–Trinajstić information content (AvgIpc) is 2.52. The Bertz CT molecular complexity index is 570. The van der Waals surface area contributed by atoms with E-state index >= 15 is 0 Å². The molecule has 0 aliphatic carbocycles. The highest BCUT2D eigenvalue weighted by atomic mass is 16.5. The molecule has 2 aromatic rings. The predicted octanol–water partition coefficient (Wildman–Crippen LogP) is 3.36. The summed E-state index contributed by atoms with van der Waals surface area (Å²) in [5, 5.41) is 15.2. The molecule has 0 radical (unpaired) electrons. The molecule has 0 aliphatic heterocycles. The van der Waals surface area contributed by atoms with Gasteiger partial charge in [0.15, 0.2) is 0 Å². The lowest BCUT2D eigenvalue weighted by Crippen LogP contribution is -2.45. The summed E-state index contributed by atoms with van der Waals surface area (Å²) in [6.07, 6.45) is 1.81. The topological polar surface area (TPSA) is 41.5 Å². The molecule has 21 heavy (non-hydrogen) atoms. The van der Waals surface area contributed by atoms with Crippen LogP contribution < -0.4 is 10.1 Å². The van der Waals surface area contributed by atoms with Gasteiger partial charge in [-0.15, -0.1) is 0 Å². The van der Waals surface area contributed by atoms with Crippen molar-refractivity contribution in [2.24, 2.45) is 0 Å². The molecule has 0 fully saturated rings. The Labute approximate surface area is 126 Å². The minimum atomic E-state index is -0.207. The third kappa shape index (κ3) is 4.45. The van der Waals surface area contributed by atoms with Crippen LogP contribution in [0, 0.1) is 0 Å². The Morgan fingerprint density at radius 3 is 2.62 bits per heavy atom. The smallest absolute Gasteiger partial charge is 0.119 e. The van der Waals surface area contributed by atoms with Crippen LogP contribution in [-0.4, -0.2) is 30.4 Å². The minimum Gasteiger partial charge on any atom is -0.494 e. The molecule has 0 bridgehead atoms. The van der Waals surface area contributed by atoms with Crippen molar-refractivity contribution >= 4 is 10.8 Å². The molecule has 0 aromatic heterocycles. The van der Waals surface area contributed by atoms with Gasteiger partial charge in [-0.2, -0.15) is 0 Å². The zero-order valence-corrected chi connectivity index (χ0v) is 12.9. The molecular weight excluding hydrogens is 262 g/mol. The van der Waals surface area contributed by atoms with E-state index in [1.165, 1.54) is 10.8 Å². The van der Waals surface area contributed by atoms with Gasteiger partial charge < -0.3 is 15.2 Å². The Hall–Kier alpha value is -1.58. The molecule has 0 amide bonds. The van der Waals surface area contributed by atoms with E-state index < -0.39 is 0 Å². The van der Waals surface area contributed by atoms with Gasteiger partial charge in [0.25, 0.3) is 0 Å². The first-order valence-electron chi connectivity index (χ1n) is 7.64. The van der Waals surface area contributed by atoms with Crippen molar-refractivity contribution in [3.05, 3.63) is 42.5 Å². The standard InChI is InChI=1S/C18H25NO2/c1-3-19-18(2,14-20)11-6-12-21-17-10-9-15-7-4-5-8-16(15)13-17/h4-5,7-10,13,19-20H,3,6,11-12,14H2,1-2H3. The number of ether oxygens (including phenoxy) is 1. The monoisotopic (exact) mass is 287 g/mol. The first kappa shape index (κ1) is 15.8. The normalized spacial score (nSPS) is 14.0. The van der Waals surface area contributed by atoms with Crippen LogP contribution >= 0.6 is 0 Å². The first-order valence-corrected chi connectivity index (χ1v) is 7.64. The van der Waals surface area contributed by atoms with E-state index in [1.54, 1.807) is 0 Å². The van der Waals surface area contributed by atoms with Crippen LogP contribution in [0.15, 0.2) is 42.5 Å². The van der Waals surface area contributed by atoms with E-state index in [4.69, 9.17) is 4.74 Å². The van der Waals surface area contributed by atoms with Gasteiger partial charge >= 0.3 is 0 Å². The van der Waals surface area contributed by atoms with Gasteiger partial charge in [-0.1, -0.05) is 37.3 Å². The fourth-order valence-electron chi connectivity index (χ4n) is 2.56. The molecule has 0 aliphatic rings. The summed E-state index contributed by atoms with van der Waals surface area (Å²) in [4.78, 5) is 0. The molecule has 0 saturated carbocycles. The molecule has 0 heterocycles. The van der Waals surface area contributed by atoms with Crippen molar-refractivity contribution in [3.63, 3.8) is 0 Å². The second kappa shape index (κ2) is 7.43. The quantitative estimate of drug-likeness (QED) is 0.732. The maximum absolute atomic E-state index is 9.45. The number of nitrogens with one attached hydrogen (secondary N) is 1. The van der Waals surface area contributed by atoms with Crippen molar-refractivity contribution in [3.8, 4) is 5.75 Å². The van der Waals surface area contributed by atoms with Crippen LogP contribution in [0.3, 0.4) is 0 Å². The number of aliphatic hydroxyl groups is 1. The second-order valence-corrected chi connectivity index (χ2v) is 5.71. The number of fused-ring (bicyclic) bond motifs is 1. The zero-order valence-electron chi connectivity index (χ0n) is 12.9. The number of aliphatic hydroxyl groups excluding tert-OH is 1. The highest BCUT2D eigenvalue weighted by Crippen LogP contribution is 2.21. The number of hydrogen-bond acceptors (Lipinski definition) is 3. The van der Waals surface area contributed by atoms with Gasteiger partial charge in [-0.3, -0.25) is 0 Å². The molecule has 1 atom stereocenters. The van der Waals surface area contributed by atoms with Gasteiger partial charge in [-0.05, 0) is 49.2 Å². The second-order valence-electron chi connectivity index (χ2n) is 5.71. The van der Waals surface area contributed by atoms with Crippen LogP contribution in [0.25, 0.3) is 10.8 Å². The Kier molecular flexibility index (Phi) is 5.59. The van der Waals surface area contributed by atoms with E-state index in [2.05, 4.69) is 36.5 Å². The van der Waals surface area contributed by atoms with Gasteiger partial charge in [0.05, 0.1) is 13.2 Å². The molecule has 3 heteroatoms. The number of benzene rings is 2. The fraction of sp³-hybridized carbons (Fsp3) is 0.444. The lowest BCUT2D eigenvalue weighted by atomic mass is 9.97. The van der Waals surface area contributed by atoms with Gasteiger partial charge in [0, 0.05) is 5.54 Å². The Morgan fingerprint density at radius 1 is 1.14 bits per heavy atom. The van der Waals surface area contributed by atoms with Crippen molar-refractivity contribution < 1.29 is 9.84 Å². The Morgan fingerprint density at radius 2 is 1.90 bits per heavy atom. The molecule has 0 spiro atoms. The first-order chi connectivity index (χ1) is 10.2.